The molecule has 5 nitrogen and oxygen atoms in total. The van der Waals surface area contributed by atoms with Gasteiger partial charge in [0.1, 0.15) is 5.60 Å². The van der Waals surface area contributed by atoms with E-state index in [4.69, 9.17) is 4.74 Å². The third-order valence-corrected chi connectivity index (χ3v) is 3.85. The number of rotatable bonds is 0. The van der Waals surface area contributed by atoms with Crippen LogP contribution in [0.1, 0.15) is 44.1 Å². The number of aromatic hydroxyl groups is 1. The molecule has 1 aromatic heterocycles. The van der Waals surface area contributed by atoms with Crippen molar-refractivity contribution in [2.24, 2.45) is 0 Å². The average Bonchev–Trinajstić information content (AvgIpc) is 2.58. The zero-order valence-corrected chi connectivity index (χ0v) is 11.9. The highest BCUT2D eigenvalue weighted by Gasteiger charge is 2.32. The van der Waals surface area contributed by atoms with Crippen LogP contribution < -0.4 is 0 Å². The maximum atomic E-state index is 12.0. The van der Waals surface area contributed by atoms with E-state index in [1.807, 2.05) is 27.7 Å². The maximum absolute atomic E-state index is 12.0. The Morgan fingerprint density at radius 3 is 2.83 bits per heavy atom. The molecule has 0 aromatic carbocycles. The monoisotopic (exact) mass is 270 g/mol. The lowest BCUT2D eigenvalue weighted by Gasteiger charge is -2.32. The van der Waals surface area contributed by atoms with Crippen LogP contribution in [0.5, 0.6) is 5.88 Å². The number of fused-ring (bicyclic) bond motifs is 1. The number of carbonyl (C=O) groups is 1. The Balaban J connectivity index is 2.15. The molecule has 1 unspecified atom stereocenters. The Hall–Kier alpha value is -1.30. The van der Waals surface area contributed by atoms with Crippen molar-refractivity contribution < 1.29 is 14.6 Å². The predicted octanol–water partition coefficient (Wildman–Crippen LogP) is 2.70. The Labute approximate surface area is 111 Å². The molecular weight excluding hydrogens is 252 g/mol. The molecule has 1 aromatic rings. The van der Waals surface area contributed by atoms with Crippen LogP contribution in [0.4, 0.5) is 4.79 Å². The number of aromatic nitrogens is 1. The summed E-state index contributed by atoms with van der Waals surface area (Å²) in [6.07, 6.45) is -0.342. The zero-order valence-electron chi connectivity index (χ0n) is 11.1. The SMILES string of the molecule is CC1CN(C(=O)OC(C)(C)C)Cc2c(O)nsc21. The summed E-state index contributed by atoms with van der Waals surface area (Å²) in [5, 5.41) is 9.67. The number of carbonyl (C=O) groups excluding carboxylic acids is 1. The minimum atomic E-state index is -0.504. The summed E-state index contributed by atoms with van der Waals surface area (Å²) in [6.45, 7) is 8.52. The Kier molecular flexibility index (Phi) is 3.23. The average molecular weight is 270 g/mol. The standard InChI is InChI=1S/C12H18N2O3S/c1-7-5-14(11(16)17-12(2,3)4)6-8-9(7)18-13-10(8)15/h7H,5-6H2,1-4H3,(H,13,15). The van der Waals surface area contributed by atoms with Gasteiger partial charge in [0.2, 0.25) is 5.88 Å². The summed E-state index contributed by atoms with van der Waals surface area (Å²) in [5.41, 5.74) is 0.250. The van der Waals surface area contributed by atoms with Gasteiger partial charge < -0.3 is 14.7 Å². The van der Waals surface area contributed by atoms with Gasteiger partial charge >= 0.3 is 6.09 Å². The van der Waals surface area contributed by atoms with Crippen molar-refractivity contribution in [1.29, 1.82) is 0 Å². The van der Waals surface area contributed by atoms with Gasteiger partial charge in [0, 0.05) is 22.9 Å². The van der Waals surface area contributed by atoms with E-state index in [0.717, 1.165) is 10.4 Å². The van der Waals surface area contributed by atoms with E-state index >= 15 is 0 Å². The normalized spacial score (nSPS) is 19.6. The van der Waals surface area contributed by atoms with Crippen LogP contribution >= 0.6 is 11.5 Å². The Morgan fingerprint density at radius 1 is 1.56 bits per heavy atom. The molecule has 1 atom stereocenters. The van der Waals surface area contributed by atoms with Crippen LogP contribution in [0.2, 0.25) is 0 Å². The quantitative estimate of drug-likeness (QED) is 0.787. The van der Waals surface area contributed by atoms with E-state index < -0.39 is 5.60 Å². The van der Waals surface area contributed by atoms with Crippen LogP contribution in [0, 0.1) is 0 Å². The molecule has 0 fully saturated rings. The molecule has 2 heterocycles. The lowest BCUT2D eigenvalue weighted by molar-refractivity contribution is 0.0209. The van der Waals surface area contributed by atoms with E-state index in [2.05, 4.69) is 4.37 Å². The molecule has 1 aliphatic heterocycles. The zero-order chi connectivity index (χ0) is 13.5. The number of hydrogen-bond acceptors (Lipinski definition) is 5. The van der Waals surface area contributed by atoms with Crippen molar-refractivity contribution in [1.82, 2.24) is 9.27 Å². The topological polar surface area (TPSA) is 62.7 Å². The highest BCUT2D eigenvalue weighted by atomic mass is 32.1. The number of nitrogens with zero attached hydrogens (tertiary/aromatic N) is 2. The molecule has 1 N–H and O–H groups in total. The second-order valence-corrected chi connectivity index (χ2v) is 6.42. The lowest BCUT2D eigenvalue weighted by Crippen LogP contribution is -2.40. The van der Waals surface area contributed by atoms with Gasteiger partial charge in [0.15, 0.2) is 0 Å². The molecule has 0 spiro atoms. The van der Waals surface area contributed by atoms with Crippen LogP contribution in [0.25, 0.3) is 0 Å². The molecule has 1 amide bonds. The van der Waals surface area contributed by atoms with Crippen LogP contribution in [-0.4, -0.2) is 32.6 Å². The van der Waals surface area contributed by atoms with Gasteiger partial charge in [-0.3, -0.25) is 0 Å². The van der Waals surface area contributed by atoms with E-state index in [0.29, 0.717) is 13.1 Å². The van der Waals surface area contributed by atoms with Gasteiger partial charge in [0.05, 0.1) is 6.54 Å². The molecule has 18 heavy (non-hydrogen) atoms. The first-order valence-corrected chi connectivity index (χ1v) is 6.70. The molecule has 2 rings (SSSR count). The van der Waals surface area contributed by atoms with E-state index in [1.54, 1.807) is 4.90 Å². The molecule has 0 saturated carbocycles. The largest absolute Gasteiger partial charge is 0.492 e. The van der Waals surface area contributed by atoms with Crippen LogP contribution in [-0.2, 0) is 11.3 Å². The smallest absolute Gasteiger partial charge is 0.410 e. The molecule has 0 radical (unpaired) electrons. The first-order chi connectivity index (χ1) is 8.28. The molecule has 0 saturated heterocycles. The van der Waals surface area contributed by atoms with Crippen LogP contribution in [0.15, 0.2) is 0 Å². The molecule has 6 heteroatoms. The third-order valence-electron chi connectivity index (χ3n) is 2.74. The van der Waals surface area contributed by atoms with Gasteiger partial charge in [0.25, 0.3) is 0 Å². The van der Waals surface area contributed by atoms with Crippen molar-refractivity contribution >= 4 is 17.6 Å². The maximum Gasteiger partial charge on any atom is 0.410 e. The number of hydrogen-bond donors (Lipinski definition) is 1. The Bertz CT molecular complexity index is 464. The molecule has 0 aliphatic carbocycles. The van der Waals surface area contributed by atoms with Gasteiger partial charge in [-0.2, -0.15) is 4.37 Å². The van der Waals surface area contributed by atoms with Gasteiger partial charge in [-0.1, -0.05) is 6.92 Å². The molecule has 100 valence electrons. The summed E-state index contributed by atoms with van der Waals surface area (Å²) in [4.78, 5) is 14.7. The molecular formula is C12H18N2O3S. The third kappa shape index (κ3) is 2.58. The van der Waals surface area contributed by atoms with Gasteiger partial charge in [-0.25, -0.2) is 4.79 Å². The fraction of sp³-hybridized carbons (Fsp3) is 0.667. The van der Waals surface area contributed by atoms with Crippen LogP contribution in [0.3, 0.4) is 0 Å². The minimum Gasteiger partial charge on any atom is -0.492 e. The first kappa shape index (κ1) is 13.1. The van der Waals surface area contributed by atoms with Crippen molar-refractivity contribution in [2.45, 2.75) is 45.8 Å². The summed E-state index contributed by atoms with van der Waals surface area (Å²) in [7, 11) is 0. The van der Waals surface area contributed by atoms with Crippen molar-refractivity contribution in [2.75, 3.05) is 6.54 Å². The summed E-state index contributed by atoms with van der Waals surface area (Å²) in [5.74, 6) is 0.217. The fourth-order valence-electron chi connectivity index (χ4n) is 1.98. The number of amides is 1. The van der Waals surface area contributed by atoms with Gasteiger partial charge in [-0.15, -0.1) is 0 Å². The van der Waals surface area contributed by atoms with E-state index in [-0.39, 0.29) is 17.9 Å². The summed E-state index contributed by atoms with van der Waals surface area (Å²) >= 11 is 1.31. The second-order valence-electron chi connectivity index (χ2n) is 5.61. The summed E-state index contributed by atoms with van der Waals surface area (Å²) in [6, 6.07) is 0. The van der Waals surface area contributed by atoms with Crippen molar-refractivity contribution in [3.63, 3.8) is 0 Å². The van der Waals surface area contributed by atoms with E-state index in [9.17, 15) is 9.90 Å². The van der Waals surface area contributed by atoms with Gasteiger partial charge in [-0.05, 0) is 32.3 Å². The highest BCUT2D eigenvalue weighted by molar-refractivity contribution is 7.06. The number of ether oxygens (including phenoxy) is 1. The highest BCUT2D eigenvalue weighted by Crippen LogP contribution is 2.36. The predicted molar refractivity (Wildman–Crippen MR) is 68.8 cm³/mol. The fourth-order valence-corrected chi connectivity index (χ4v) is 2.80. The molecule has 0 bridgehead atoms. The van der Waals surface area contributed by atoms with E-state index in [1.165, 1.54) is 11.5 Å². The molecule has 1 aliphatic rings. The van der Waals surface area contributed by atoms with Crippen molar-refractivity contribution in [3.8, 4) is 5.88 Å². The Morgan fingerprint density at radius 2 is 2.22 bits per heavy atom. The minimum absolute atomic E-state index is 0.0371. The lowest BCUT2D eigenvalue weighted by atomic mass is 10.0. The van der Waals surface area contributed by atoms with Crippen molar-refractivity contribution in [3.05, 3.63) is 10.4 Å². The first-order valence-electron chi connectivity index (χ1n) is 5.93. The summed E-state index contributed by atoms with van der Waals surface area (Å²) < 4.78 is 9.28. The second kappa shape index (κ2) is 4.42.